The molecule has 0 aromatic heterocycles. The molecule has 0 bridgehead atoms. The molecular formula is C15H16O7S. The number of aromatic carboxylic acids is 1. The first kappa shape index (κ1) is 18.6. The van der Waals surface area contributed by atoms with Gasteiger partial charge in [0.25, 0.3) is 10.1 Å². The molecule has 1 aromatic rings. The summed E-state index contributed by atoms with van der Waals surface area (Å²) in [6, 6.07) is 2.58. The first-order valence-electron chi connectivity index (χ1n) is 6.60. The van der Waals surface area contributed by atoms with Crippen LogP contribution >= 0.6 is 0 Å². The van der Waals surface area contributed by atoms with E-state index >= 15 is 0 Å². The monoisotopic (exact) mass is 340 g/mol. The van der Waals surface area contributed by atoms with Crippen LogP contribution < -0.4 is 0 Å². The molecule has 0 aliphatic heterocycles. The number of benzene rings is 1. The number of hydrogen-bond donors (Lipinski definition) is 2. The van der Waals surface area contributed by atoms with Gasteiger partial charge in [0.1, 0.15) is 6.61 Å². The zero-order chi connectivity index (χ0) is 17.5. The van der Waals surface area contributed by atoms with E-state index in [4.69, 9.17) is 14.4 Å². The van der Waals surface area contributed by atoms with Crippen molar-refractivity contribution in [2.75, 3.05) is 6.61 Å². The summed E-state index contributed by atoms with van der Waals surface area (Å²) in [4.78, 5) is 22.1. The van der Waals surface area contributed by atoms with Crippen LogP contribution in [0.4, 0.5) is 0 Å². The Labute approximate surface area is 133 Å². The Bertz CT molecular complexity index is 745. The van der Waals surface area contributed by atoms with Crippen molar-refractivity contribution in [1.29, 1.82) is 0 Å². The molecule has 0 amide bonds. The summed E-state index contributed by atoms with van der Waals surface area (Å²) in [6.07, 6.45) is 7.77. The maximum Gasteiger partial charge on any atom is 0.338 e. The van der Waals surface area contributed by atoms with Gasteiger partial charge < -0.3 is 9.84 Å². The van der Waals surface area contributed by atoms with Gasteiger partial charge >= 0.3 is 11.9 Å². The molecule has 0 aliphatic carbocycles. The SMILES string of the molecule is CCC=CC=CCOC(=O)c1cc(C(=O)O)cc(S(=O)(=O)O)c1. The van der Waals surface area contributed by atoms with Crippen LogP contribution in [0.15, 0.2) is 47.4 Å². The molecule has 0 radical (unpaired) electrons. The summed E-state index contributed by atoms with van der Waals surface area (Å²) in [5.74, 6) is -2.34. The van der Waals surface area contributed by atoms with Crippen LogP contribution in [-0.2, 0) is 14.9 Å². The molecule has 0 saturated carbocycles. The van der Waals surface area contributed by atoms with Gasteiger partial charge in [0.05, 0.1) is 16.0 Å². The third-order valence-corrected chi connectivity index (χ3v) is 3.45. The predicted molar refractivity (Wildman–Crippen MR) is 82.1 cm³/mol. The number of carboxylic acids is 1. The molecule has 23 heavy (non-hydrogen) atoms. The zero-order valence-electron chi connectivity index (χ0n) is 12.3. The lowest BCUT2D eigenvalue weighted by Crippen LogP contribution is -2.10. The number of allylic oxidation sites excluding steroid dienone is 3. The van der Waals surface area contributed by atoms with Gasteiger partial charge in [0.2, 0.25) is 0 Å². The smallest absolute Gasteiger partial charge is 0.338 e. The van der Waals surface area contributed by atoms with Crippen molar-refractivity contribution in [1.82, 2.24) is 0 Å². The van der Waals surface area contributed by atoms with Gasteiger partial charge in [-0.05, 0) is 30.7 Å². The van der Waals surface area contributed by atoms with Crippen molar-refractivity contribution in [2.24, 2.45) is 0 Å². The number of carboxylic acid groups (broad SMARTS) is 1. The highest BCUT2D eigenvalue weighted by molar-refractivity contribution is 7.85. The number of esters is 1. The van der Waals surface area contributed by atoms with Gasteiger partial charge in [0.15, 0.2) is 0 Å². The standard InChI is InChI=1S/C15H16O7S/c1-2-3-4-5-6-7-22-15(18)12-8-11(14(16)17)9-13(10-12)23(19,20)21/h3-6,8-10H,2,7H2,1H3,(H,16,17)(H,19,20,21). The molecule has 1 rings (SSSR count). The van der Waals surface area contributed by atoms with Crippen LogP contribution in [0.2, 0.25) is 0 Å². The largest absolute Gasteiger partial charge is 0.478 e. The Balaban J connectivity index is 2.96. The van der Waals surface area contributed by atoms with Gasteiger partial charge in [-0.3, -0.25) is 4.55 Å². The lowest BCUT2D eigenvalue weighted by molar-refractivity contribution is 0.0549. The van der Waals surface area contributed by atoms with Crippen molar-refractivity contribution in [3.05, 3.63) is 53.6 Å². The number of carbonyl (C=O) groups excluding carboxylic acids is 1. The molecule has 2 N–H and O–H groups in total. The number of ether oxygens (including phenoxy) is 1. The molecule has 124 valence electrons. The van der Waals surface area contributed by atoms with Crippen LogP contribution in [0.1, 0.15) is 34.1 Å². The van der Waals surface area contributed by atoms with E-state index in [9.17, 15) is 18.0 Å². The van der Waals surface area contributed by atoms with Crippen LogP contribution in [0.3, 0.4) is 0 Å². The molecule has 1 aromatic carbocycles. The second kappa shape index (κ2) is 8.25. The summed E-state index contributed by atoms with van der Waals surface area (Å²) in [5.41, 5.74) is -0.733. The fourth-order valence-corrected chi connectivity index (χ4v) is 2.10. The minimum atomic E-state index is -4.64. The Kier molecular flexibility index (Phi) is 6.67. The number of carbonyl (C=O) groups is 2. The van der Waals surface area contributed by atoms with Gasteiger partial charge in [-0.1, -0.05) is 25.2 Å². The van der Waals surface area contributed by atoms with Crippen molar-refractivity contribution in [2.45, 2.75) is 18.2 Å². The van der Waals surface area contributed by atoms with Crippen molar-refractivity contribution >= 4 is 22.1 Å². The fraction of sp³-hybridized carbons (Fsp3) is 0.200. The average Bonchev–Trinajstić information content (AvgIpc) is 2.49. The van der Waals surface area contributed by atoms with E-state index in [0.29, 0.717) is 0 Å². The average molecular weight is 340 g/mol. The van der Waals surface area contributed by atoms with E-state index in [2.05, 4.69) is 0 Å². The minimum absolute atomic E-state index is 0.0641. The van der Waals surface area contributed by atoms with Crippen LogP contribution in [0, 0.1) is 0 Å². The van der Waals surface area contributed by atoms with Crippen molar-refractivity contribution in [3.8, 4) is 0 Å². The molecule has 0 heterocycles. The molecule has 0 fully saturated rings. The topological polar surface area (TPSA) is 118 Å². The molecule has 0 aliphatic rings. The van der Waals surface area contributed by atoms with E-state index in [1.807, 2.05) is 13.0 Å². The highest BCUT2D eigenvalue weighted by Crippen LogP contribution is 2.16. The van der Waals surface area contributed by atoms with E-state index in [1.165, 1.54) is 0 Å². The third kappa shape index (κ3) is 6.05. The summed E-state index contributed by atoms with van der Waals surface area (Å²) in [6.45, 7) is 1.90. The Morgan fingerprint density at radius 1 is 1.13 bits per heavy atom. The maximum absolute atomic E-state index is 11.8. The zero-order valence-corrected chi connectivity index (χ0v) is 13.1. The quantitative estimate of drug-likeness (QED) is 0.444. The van der Waals surface area contributed by atoms with Crippen molar-refractivity contribution in [3.63, 3.8) is 0 Å². The Hall–Kier alpha value is -2.45. The van der Waals surface area contributed by atoms with Crippen LogP contribution in [-0.4, -0.2) is 36.6 Å². The molecule has 7 nitrogen and oxygen atoms in total. The van der Waals surface area contributed by atoms with Crippen LogP contribution in [0.25, 0.3) is 0 Å². The lowest BCUT2D eigenvalue weighted by atomic mass is 10.1. The molecular weight excluding hydrogens is 324 g/mol. The highest BCUT2D eigenvalue weighted by Gasteiger charge is 2.18. The summed E-state index contributed by atoms with van der Waals surface area (Å²) in [5, 5.41) is 8.93. The summed E-state index contributed by atoms with van der Waals surface area (Å²) >= 11 is 0. The van der Waals surface area contributed by atoms with Gasteiger partial charge in [-0.25, -0.2) is 9.59 Å². The van der Waals surface area contributed by atoms with Gasteiger partial charge in [-0.15, -0.1) is 0 Å². The molecule has 0 atom stereocenters. The van der Waals surface area contributed by atoms with E-state index in [1.54, 1.807) is 18.2 Å². The second-order valence-corrected chi connectivity index (χ2v) is 5.81. The fourth-order valence-electron chi connectivity index (χ4n) is 1.55. The van der Waals surface area contributed by atoms with Gasteiger partial charge in [-0.2, -0.15) is 8.42 Å². The Morgan fingerprint density at radius 2 is 1.74 bits per heavy atom. The normalized spacial score (nSPS) is 11.9. The molecule has 0 spiro atoms. The lowest BCUT2D eigenvalue weighted by Gasteiger charge is -2.05. The van der Waals surface area contributed by atoms with Crippen molar-refractivity contribution < 1.29 is 32.4 Å². The summed E-state index contributed by atoms with van der Waals surface area (Å²) < 4.78 is 36.2. The first-order valence-corrected chi connectivity index (χ1v) is 8.04. The van der Waals surface area contributed by atoms with Crippen LogP contribution in [0.5, 0.6) is 0 Å². The number of rotatable bonds is 7. The summed E-state index contributed by atoms with van der Waals surface area (Å²) in [7, 11) is -4.64. The van der Waals surface area contributed by atoms with Gasteiger partial charge in [0, 0.05) is 0 Å². The minimum Gasteiger partial charge on any atom is -0.478 e. The highest BCUT2D eigenvalue weighted by atomic mass is 32.2. The van der Waals surface area contributed by atoms with E-state index in [0.717, 1.165) is 24.6 Å². The van der Waals surface area contributed by atoms with E-state index < -0.39 is 32.5 Å². The molecule has 8 heteroatoms. The first-order chi connectivity index (χ1) is 10.8. The predicted octanol–water partition coefficient (Wildman–Crippen LogP) is 2.31. The second-order valence-electron chi connectivity index (χ2n) is 4.39. The Morgan fingerprint density at radius 3 is 2.30 bits per heavy atom. The maximum atomic E-state index is 11.8. The number of hydrogen-bond acceptors (Lipinski definition) is 5. The van der Waals surface area contributed by atoms with E-state index in [-0.39, 0.29) is 12.2 Å². The molecule has 0 unspecified atom stereocenters. The third-order valence-electron chi connectivity index (χ3n) is 2.62. The molecule has 0 saturated heterocycles.